The van der Waals surface area contributed by atoms with Gasteiger partial charge in [-0.25, -0.2) is 0 Å². The Morgan fingerprint density at radius 1 is 0.344 bits per heavy atom. The van der Waals surface area contributed by atoms with Crippen molar-refractivity contribution >= 4 is 17.9 Å². The fourth-order valence-corrected chi connectivity index (χ4v) is 8.31. The third-order valence-corrected chi connectivity index (χ3v) is 12.8. The second kappa shape index (κ2) is 47.9. The number of hydrogen-bond donors (Lipinski definition) is 0. The molecule has 362 valence electrons. The van der Waals surface area contributed by atoms with Crippen LogP contribution in [0.25, 0.3) is 0 Å². The zero-order valence-electron chi connectivity index (χ0n) is 41.8. The first-order valence-corrected chi connectivity index (χ1v) is 27.3. The molecule has 0 heterocycles. The van der Waals surface area contributed by atoms with Crippen LogP contribution in [0.5, 0.6) is 0 Å². The van der Waals surface area contributed by atoms with Gasteiger partial charge in [0.15, 0.2) is 6.10 Å². The van der Waals surface area contributed by atoms with Crippen LogP contribution in [-0.2, 0) is 28.6 Å². The lowest BCUT2D eigenvalue weighted by Gasteiger charge is -2.18. The predicted octanol–water partition coefficient (Wildman–Crippen LogP) is 17.7. The van der Waals surface area contributed by atoms with Gasteiger partial charge in [-0.1, -0.05) is 266 Å². The second-order valence-corrected chi connectivity index (χ2v) is 19.6. The van der Waals surface area contributed by atoms with Crippen molar-refractivity contribution in [3.05, 3.63) is 0 Å². The molecule has 6 heteroatoms. The Morgan fingerprint density at radius 3 is 0.934 bits per heavy atom. The maximum Gasteiger partial charge on any atom is 0.306 e. The normalized spacial score (nSPS) is 12.5. The SMILES string of the molecule is CCCCCCCCCCCCCCCCCCCCC(=O)OC[C@H](COC(=O)CCCCCCCCCCC(C)C)OC(=O)CCCCCCCCCCCCC(C)CC. The lowest BCUT2D eigenvalue weighted by Crippen LogP contribution is -2.30. The van der Waals surface area contributed by atoms with E-state index in [0.717, 1.165) is 69.6 Å². The maximum atomic E-state index is 12.8. The van der Waals surface area contributed by atoms with Gasteiger partial charge in [-0.05, 0) is 31.1 Å². The third-order valence-electron chi connectivity index (χ3n) is 12.8. The van der Waals surface area contributed by atoms with Crippen LogP contribution in [0.1, 0.15) is 304 Å². The fraction of sp³-hybridized carbons (Fsp3) is 0.945. The van der Waals surface area contributed by atoms with Gasteiger partial charge in [-0.3, -0.25) is 14.4 Å². The summed E-state index contributed by atoms with van der Waals surface area (Å²) in [5.41, 5.74) is 0. The number of carbonyl (C=O) groups is 3. The Bertz CT molecular complexity index is 933. The van der Waals surface area contributed by atoms with E-state index in [1.165, 1.54) is 193 Å². The zero-order valence-corrected chi connectivity index (χ0v) is 41.8. The molecular weight excluding hydrogens is 757 g/mol. The minimum absolute atomic E-state index is 0.0638. The van der Waals surface area contributed by atoms with Gasteiger partial charge in [0.25, 0.3) is 0 Å². The van der Waals surface area contributed by atoms with E-state index in [1.807, 2.05) is 0 Å². The largest absolute Gasteiger partial charge is 0.462 e. The topological polar surface area (TPSA) is 78.9 Å². The molecule has 0 aromatic carbocycles. The van der Waals surface area contributed by atoms with Crippen LogP contribution in [0.4, 0.5) is 0 Å². The summed E-state index contributed by atoms with van der Waals surface area (Å²) in [6.45, 7) is 11.4. The van der Waals surface area contributed by atoms with Crippen molar-refractivity contribution in [1.82, 2.24) is 0 Å². The summed E-state index contributed by atoms with van der Waals surface area (Å²) in [6.07, 6.45) is 49.5. The van der Waals surface area contributed by atoms with E-state index in [2.05, 4.69) is 34.6 Å². The molecule has 0 aliphatic carbocycles. The lowest BCUT2D eigenvalue weighted by atomic mass is 9.99. The highest BCUT2D eigenvalue weighted by atomic mass is 16.6. The van der Waals surface area contributed by atoms with Crippen molar-refractivity contribution in [2.45, 2.75) is 310 Å². The fourth-order valence-electron chi connectivity index (χ4n) is 8.31. The van der Waals surface area contributed by atoms with Crippen molar-refractivity contribution < 1.29 is 28.6 Å². The Kier molecular flexibility index (Phi) is 46.6. The molecule has 61 heavy (non-hydrogen) atoms. The molecule has 0 fully saturated rings. The highest BCUT2D eigenvalue weighted by Gasteiger charge is 2.19. The molecule has 0 radical (unpaired) electrons. The molecule has 0 aliphatic rings. The van der Waals surface area contributed by atoms with Gasteiger partial charge in [0, 0.05) is 19.3 Å². The van der Waals surface area contributed by atoms with E-state index in [1.54, 1.807) is 0 Å². The molecule has 0 saturated heterocycles. The van der Waals surface area contributed by atoms with Gasteiger partial charge in [0.05, 0.1) is 0 Å². The maximum absolute atomic E-state index is 12.8. The van der Waals surface area contributed by atoms with E-state index in [0.29, 0.717) is 19.3 Å². The summed E-state index contributed by atoms with van der Waals surface area (Å²) in [6, 6.07) is 0. The van der Waals surface area contributed by atoms with Crippen molar-refractivity contribution in [3.8, 4) is 0 Å². The molecule has 0 rings (SSSR count). The monoisotopic (exact) mass is 863 g/mol. The molecule has 0 N–H and O–H groups in total. The average Bonchev–Trinajstić information content (AvgIpc) is 3.24. The molecule has 6 nitrogen and oxygen atoms in total. The van der Waals surface area contributed by atoms with E-state index in [4.69, 9.17) is 14.2 Å². The molecule has 0 aromatic rings. The minimum Gasteiger partial charge on any atom is -0.462 e. The molecule has 0 saturated carbocycles. The standard InChI is InChI=1S/C55H106O6/c1-6-8-9-10-11-12-13-14-15-16-17-18-19-20-24-30-35-40-45-53(56)59-48-52(49-60-54(57)46-41-36-31-27-26-28-33-38-43-50(3)4)61-55(58)47-42-37-32-25-22-21-23-29-34-39-44-51(5)7-2/h50-52H,6-49H2,1-5H3/t51?,52-/m1/s1. The van der Waals surface area contributed by atoms with Crippen molar-refractivity contribution in [3.63, 3.8) is 0 Å². The first kappa shape index (κ1) is 59.4. The Hall–Kier alpha value is -1.59. The van der Waals surface area contributed by atoms with Gasteiger partial charge < -0.3 is 14.2 Å². The van der Waals surface area contributed by atoms with Crippen molar-refractivity contribution in [2.75, 3.05) is 13.2 Å². The smallest absolute Gasteiger partial charge is 0.306 e. The van der Waals surface area contributed by atoms with E-state index >= 15 is 0 Å². The summed E-state index contributed by atoms with van der Waals surface area (Å²) >= 11 is 0. The predicted molar refractivity (Wildman–Crippen MR) is 261 cm³/mol. The van der Waals surface area contributed by atoms with Gasteiger partial charge in [0.1, 0.15) is 13.2 Å². The van der Waals surface area contributed by atoms with Crippen LogP contribution in [0.15, 0.2) is 0 Å². The number of rotatable bonds is 49. The zero-order chi connectivity index (χ0) is 44.7. The Balaban J connectivity index is 4.28. The van der Waals surface area contributed by atoms with Crippen LogP contribution < -0.4 is 0 Å². The summed E-state index contributed by atoms with van der Waals surface area (Å²) in [5, 5.41) is 0. The summed E-state index contributed by atoms with van der Waals surface area (Å²) in [5.74, 6) is 0.816. The molecule has 2 atom stereocenters. The molecule has 1 unspecified atom stereocenters. The highest BCUT2D eigenvalue weighted by molar-refractivity contribution is 5.71. The van der Waals surface area contributed by atoms with Gasteiger partial charge in [-0.15, -0.1) is 0 Å². The highest BCUT2D eigenvalue weighted by Crippen LogP contribution is 2.18. The quantitative estimate of drug-likeness (QED) is 0.0344. The van der Waals surface area contributed by atoms with E-state index < -0.39 is 6.10 Å². The molecule has 0 aliphatic heterocycles. The molecular formula is C55H106O6. The van der Waals surface area contributed by atoms with Crippen molar-refractivity contribution in [1.29, 1.82) is 0 Å². The van der Waals surface area contributed by atoms with Crippen LogP contribution in [-0.4, -0.2) is 37.2 Å². The number of esters is 3. The van der Waals surface area contributed by atoms with E-state index in [-0.39, 0.29) is 31.1 Å². The molecule has 0 spiro atoms. The van der Waals surface area contributed by atoms with Gasteiger partial charge in [-0.2, -0.15) is 0 Å². The number of hydrogen-bond acceptors (Lipinski definition) is 6. The third kappa shape index (κ3) is 47.7. The summed E-state index contributed by atoms with van der Waals surface area (Å²) < 4.78 is 16.8. The van der Waals surface area contributed by atoms with E-state index in [9.17, 15) is 14.4 Å². The molecule has 0 amide bonds. The van der Waals surface area contributed by atoms with Crippen molar-refractivity contribution in [2.24, 2.45) is 11.8 Å². The Morgan fingerprint density at radius 2 is 0.623 bits per heavy atom. The number of unbranched alkanes of at least 4 members (excludes halogenated alkanes) is 33. The first-order chi connectivity index (χ1) is 29.8. The first-order valence-electron chi connectivity index (χ1n) is 27.3. The average molecular weight is 863 g/mol. The van der Waals surface area contributed by atoms with Gasteiger partial charge in [0.2, 0.25) is 0 Å². The number of carbonyl (C=O) groups excluding carboxylic acids is 3. The summed E-state index contributed by atoms with van der Waals surface area (Å²) in [7, 11) is 0. The van der Waals surface area contributed by atoms with Crippen LogP contribution in [0, 0.1) is 11.8 Å². The van der Waals surface area contributed by atoms with Crippen LogP contribution in [0.2, 0.25) is 0 Å². The van der Waals surface area contributed by atoms with Crippen LogP contribution in [0.3, 0.4) is 0 Å². The molecule has 0 bridgehead atoms. The van der Waals surface area contributed by atoms with Crippen LogP contribution >= 0.6 is 0 Å². The Labute approximate surface area is 380 Å². The second-order valence-electron chi connectivity index (χ2n) is 19.6. The number of ether oxygens (including phenoxy) is 3. The summed E-state index contributed by atoms with van der Waals surface area (Å²) in [4.78, 5) is 38.0. The van der Waals surface area contributed by atoms with Gasteiger partial charge >= 0.3 is 17.9 Å². The lowest BCUT2D eigenvalue weighted by molar-refractivity contribution is -0.167. The molecule has 0 aromatic heterocycles. The minimum atomic E-state index is -0.762.